The molecule has 0 aliphatic carbocycles. The quantitative estimate of drug-likeness (QED) is 0.736. The van der Waals surface area contributed by atoms with Crippen molar-refractivity contribution in [2.24, 2.45) is 0 Å². The van der Waals surface area contributed by atoms with Gasteiger partial charge < -0.3 is 14.2 Å². The summed E-state index contributed by atoms with van der Waals surface area (Å²) >= 11 is 0. The zero-order valence-corrected chi connectivity index (χ0v) is 13.5. The molecule has 1 aromatic carbocycles. The van der Waals surface area contributed by atoms with Crippen LogP contribution in [-0.4, -0.2) is 41.4 Å². The van der Waals surface area contributed by atoms with Crippen LogP contribution in [0.2, 0.25) is 0 Å². The number of benzene rings is 1. The monoisotopic (exact) mass is 321 g/mol. The van der Waals surface area contributed by atoms with Gasteiger partial charge in [0.15, 0.2) is 0 Å². The summed E-state index contributed by atoms with van der Waals surface area (Å²) in [5.74, 6) is 0.557. The van der Waals surface area contributed by atoms with E-state index in [9.17, 15) is 0 Å². The van der Waals surface area contributed by atoms with Gasteiger partial charge in [0.2, 0.25) is 5.89 Å². The van der Waals surface area contributed by atoms with Crippen LogP contribution in [0.5, 0.6) is 0 Å². The van der Waals surface area contributed by atoms with E-state index in [0.29, 0.717) is 17.9 Å². The minimum atomic E-state index is 0.349. The first-order valence-corrected chi connectivity index (χ1v) is 8.08. The van der Waals surface area contributed by atoms with E-state index in [1.54, 1.807) is 0 Å². The van der Waals surface area contributed by atoms with Crippen LogP contribution in [0.4, 0.5) is 11.7 Å². The molecule has 1 aliphatic rings. The Labute approximate surface area is 140 Å². The standard InChI is InChI=1S/C18H19N5O/c1-22(16-9-12-23(13-16)15-7-10-19-11-8-15)18-21-20-17(24-18)14-5-3-2-4-6-14/h2-8,10-11,16H,9,12-13H2,1H3. The van der Waals surface area contributed by atoms with Crippen molar-refractivity contribution >= 4 is 11.7 Å². The molecule has 0 N–H and O–H groups in total. The maximum atomic E-state index is 5.86. The van der Waals surface area contributed by atoms with Gasteiger partial charge in [-0.1, -0.05) is 23.3 Å². The van der Waals surface area contributed by atoms with Gasteiger partial charge in [-0.05, 0) is 30.7 Å². The van der Waals surface area contributed by atoms with Gasteiger partial charge in [-0.2, -0.15) is 0 Å². The molecule has 122 valence electrons. The summed E-state index contributed by atoms with van der Waals surface area (Å²) in [5, 5.41) is 8.39. The Morgan fingerprint density at radius 1 is 1.08 bits per heavy atom. The lowest BCUT2D eigenvalue weighted by atomic mass is 10.2. The average Bonchev–Trinajstić information content (AvgIpc) is 3.33. The van der Waals surface area contributed by atoms with Crippen molar-refractivity contribution in [3.05, 3.63) is 54.9 Å². The van der Waals surface area contributed by atoms with Crippen molar-refractivity contribution in [3.63, 3.8) is 0 Å². The largest absolute Gasteiger partial charge is 0.403 e. The summed E-state index contributed by atoms with van der Waals surface area (Å²) in [6.07, 6.45) is 4.72. The first-order chi connectivity index (χ1) is 11.8. The summed E-state index contributed by atoms with van der Waals surface area (Å²) in [4.78, 5) is 8.52. The van der Waals surface area contributed by atoms with Gasteiger partial charge >= 0.3 is 6.01 Å². The number of rotatable bonds is 4. The van der Waals surface area contributed by atoms with E-state index < -0.39 is 0 Å². The first kappa shape index (κ1) is 14.7. The van der Waals surface area contributed by atoms with E-state index >= 15 is 0 Å². The molecule has 2 aromatic heterocycles. The predicted octanol–water partition coefficient (Wildman–Crippen LogP) is 2.85. The van der Waals surface area contributed by atoms with Crippen LogP contribution in [0.15, 0.2) is 59.3 Å². The number of anilines is 2. The Kier molecular flexibility index (Phi) is 3.86. The molecule has 6 heteroatoms. The van der Waals surface area contributed by atoms with Crippen molar-refractivity contribution in [2.75, 3.05) is 29.9 Å². The molecule has 0 saturated carbocycles. The Morgan fingerprint density at radius 2 is 1.88 bits per heavy atom. The Balaban J connectivity index is 1.47. The van der Waals surface area contributed by atoms with Crippen LogP contribution in [0, 0.1) is 0 Å². The zero-order chi connectivity index (χ0) is 16.4. The number of nitrogens with zero attached hydrogens (tertiary/aromatic N) is 5. The van der Waals surface area contributed by atoms with Crippen molar-refractivity contribution in [1.82, 2.24) is 15.2 Å². The normalized spacial score (nSPS) is 17.2. The van der Waals surface area contributed by atoms with Crippen molar-refractivity contribution < 1.29 is 4.42 Å². The number of pyridine rings is 1. The topological polar surface area (TPSA) is 58.3 Å². The third kappa shape index (κ3) is 2.82. The maximum absolute atomic E-state index is 5.86. The van der Waals surface area contributed by atoms with Gasteiger partial charge in [-0.3, -0.25) is 4.98 Å². The summed E-state index contributed by atoms with van der Waals surface area (Å²) in [6, 6.07) is 14.8. The molecule has 24 heavy (non-hydrogen) atoms. The summed E-state index contributed by atoms with van der Waals surface area (Å²) in [6.45, 7) is 1.95. The molecule has 0 radical (unpaired) electrons. The van der Waals surface area contributed by atoms with Crippen LogP contribution in [0.1, 0.15) is 6.42 Å². The lowest BCUT2D eigenvalue weighted by Gasteiger charge is -2.23. The smallest absolute Gasteiger partial charge is 0.318 e. The summed E-state index contributed by atoms with van der Waals surface area (Å²) in [5.41, 5.74) is 2.14. The maximum Gasteiger partial charge on any atom is 0.318 e. The fourth-order valence-electron chi connectivity index (χ4n) is 3.06. The Bertz CT molecular complexity index is 789. The molecule has 3 aromatic rings. The minimum absolute atomic E-state index is 0.349. The molecule has 6 nitrogen and oxygen atoms in total. The van der Waals surface area contributed by atoms with Crippen molar-refractivity contribution in [2.45, 2.75) is 12.5 Å². The van der Waals surface area contributed by atoms with E-state index in [1.165, 1.54) is 5.69 Å². The number of likely N-dealkylation sites (N-methyl/N-ethyl adjacent to an activating group) is 1. The predicted molar refractivity (Wildman–Crippen MR) is 93.0 cm³/mol. The highest BCUT2D eigenvalue weighted by Crippen LogP contribution is 2.26. The fraction of sp³-hybridized carbons (Fsp3) is 0.278. The molecule has 3 heterocycles. The van der Waals surface area contributed by atoms with E-state index in [4.69, 9.17) is 4.42 Å². The molecule has 0 amide bonds. The van der Waals surface area contributed by atoms with E-state index in [2.05, 4.69) is 25.0 Å². The second-order valence-corrected chi connectivity index (χ2v) is 5.96. The van der Waals surface area contributed by atoms with E-state index in [-0.39, 0.29) is 0 Å². The average molecular weight is 321 g/mol. The van der Waals surface area contributed by atoms with Gasteiger partial charge in [0.05, 0.1) is 6.04 Å². The van der Waals surface area contributed by atoms with Gasteiger partial charge in [-0.15, -0.1) is 5.10 Å². The van der Waals surface area contributed by atoms with Gasteiger partial charge in [0.1, 0.15) is 0 Å². The lowest BCUT2D eigenvalue weighted by Crippen LogP contribution is -2.34. The third-order valence-electron chi connectivity index (χ3n) is 4.48. The molecule has 1 aliphatic heterocycles. The molecular formula is C18H19N5O. The third-order valence-corrected chi connectivity index (χ3v) is 4.48. The van der Waals surface area contributed by atoms with Crippen LogP contribution in [-0.2, 0) is 0 Å². The van der Waals surface area contributed by atoms with Gasteiger partial charge in [0.25, 0.3) is 0 Å². The summed E-state index contributed by atoms with van der Waals surface area (Å²) in [7, 11) is 2.02. The number of hydrogen-bond acceptors (Lipinski definition) is 6. The van der Waals surface area contributed by atoms with Crippen LogP contribution in [0.25, 0.3) is 11.5 Å². The van der Waals surface area contributed by atoms with Gasteiger partial charge in [-0.25, -0.2) is 0 Å². The number of hydrogen-bond donors (Lipinski definition) is 0. The van der Waals surface area contributed by atoms with Crippen molar-refractivity contribution in [3.8, 4) is 11.5 Å². The van der Waals surface area contributed by atoms with Gasteiger partial charge in [0, 0.05) is 43.8 Å². The molecule has 0 spiro atoms. The molecule has 0 bridgehead atoms. The molecule has 1 atom stereocenters. The number of aromatic nitrogens is 3. The SMILES string of the molecule is CN(c1nnc(-c2ccccc2)o1)C1CCN(c2ccncc2)C1. The Morgan fingerprint density at radius 3 is 2.67 bits per heavy atom. The van der Waals surface area contributed by atoms with Crippen molar-refractivity contribution in [1.29, 1.82) is 0 Å². The zero-order valence-electron chi connectivity index (χ0n) is 13.5. The van der Waals surface area contributed by atoms with Crippen LogP contribution in [0.3, 0.4) is 0 Å². The highest BCUT2D eigenvalue weighted by Gasteiger charge is 2.28. The second kappa shape index (κ2) is 6.31. The fourth-order valence-corrected chi connectivity index (χ4v) is 3.06. The highest BCUT2D eigenvalue weighted by atomic mass is 16.4. The second-order valence-electron chi connectivity index (χ2n) is 5.96. The minimum Gasteiger partial charge on any atom is -0.403 e. The first-order valence-electron chi connectivity index (χ1n) is 8.08. The van der Waals surface area contributed by atoms with Crippen LogP contribution >= 0.6 is 0 Å². The molecule has 4 rings (SSSR count). The molecule has 1 saturated heterocycles. The highest BCUT2D eigenvalue weighted by molar-refractivity contribution is 5.53. The molecule has 1 fully saturated rings. The molecular weight excluding hydrogens is 302 g/mol. The lowest BCUT2D eigenvalue weighted by molar-refractivity contribution is 0.530. The van der Waals surface area contributed by atoms with Crippen LogP contribution < -0.4 is 9.80 Å². The molecule has 1 unspecified atom stereocenters. The summed E-state index contributed by atoms with van der Waals surface area (Å²) < 4.78 is 5.86. The van der Waals surface area contributed by atoms with E-state index in [0.717, 1.165) is 25.1 Å². The Hall–Kier alpha value is -2.89. The van der Waals surface area contributed by atoms with E-state index in [1.807, 2.05) is 61.9 Å².